The first kappa shape index (κ1) is 45.7. The Kier molecular flexibility index (Phi) is 18.3. The van der Waals surface area contributed by atoms with E-state index in [1.54, 1.807) is 27.7 Å². The number of primary amides is 2. The number of rotatable bonds is 21. The highest BCUT2D eigenvalue weighted by Gasteiger charge is 2.37. The van der Waals surface area contributed by atoms with Crippen LogP contribution in [0.2, 0.25) is 0 Å². The average Bonchev–Trinajstić information content (AvgIpc) is 3.55. The average molecular weight is 755 g/mol. The topological polar surface area (TPSA) is 344 Å². The number of nitrogens with zero attached hydrogens (tertiary/aromatic N) is 1. The molecule has 0 unspecified atom stereocenters. The van der Waals surface area contributed by atoms with Crippen molar-refractivity contribution in [1.29, 1.82) is 0 Å². The van der Waals surface area contributed by atoms with Crippen LogP contribution in [0.1, 0.15) is 73.6 Å². The van der Waals surface area contributed by atoms with Gasteiger partial charge in [-0.3, -0.25) is 43.2 Å². The van der Waals surface area contributed by atoms with Crippen LogP contribution in [0.3, 0.4) is 0 Å². The number of carboxylic acid groups (broad SMARTS) is 1. The van der Waals surface area contributed by atoms with E-state index < -0.39 is 126 Å². The zero-order valence-electron chi connectivity index (χ0n) is 30.9. The summed E-state index contributed by atoms with van der Waals surface area (Å²) in [6, 6.07) is -8.42. The lowest BCUT2D eigenvalue weighted by atomic mass is 10.0. The summed E-state index contributed by atoms with van der Waals surface area (Å²) in [5.74, 6) is -9.72. The van der Waals surface area contributed by atoms with E-state index in [1.165, 1.54) is 18.7 Å². The summed E-state index contributed by atoms with van der Waals surface area (Å²) in [5, 5.41) is 23.6. The van der Waals surface area contributed by atoms with Crippen LogP contribution in [0.15, 0.2) is 0 Å². The van der Waals surface area contributed by atoms with Crippen LogP contribution in [0.25, 0.3) is 0 Å². The Hall–Kier alpha value is -5.34. The fourth-order valence-electron chi connectivity index (χ4n) is 5.28. The van der Waals surface area contributed by atoms with Gasteiger partial charge in [0.15, 0.2) is 0 Å². The highest BCUT2D eigenvalue weighted by molar-refractivity contribution is 5.98. The van der Waals surface area contributed by atoms with E-state index >= 15 is 0 Å². The van der Waals surface area contributed by atoms with E-state index in [0.29, 0.717) is 19.4 Å². The fourth-order valence-corrected chi connectivity index (χ4v) is 5.28. The molecule has 0 radical (unpaired) electrons. The van der Waals surface area contributed by atoms with Gasteiger partial charge in [-0.25, -0.2) is 4.79 Å². The summed E-state index contributed by atoms with van der Waals surface area (Å²) in [7, 11) is 0. The predicted octanol–water partition coefficient (Wildman–Crippen LogP) is -4.58. The van der Waals surface area contributed by atoms with Crippen molar-refractivity contribution in [3.63, 3.8) is 0 Å². The summed E-state index contributed by atoms with van der Waals surface area (Å²) in [6.07, 6.45) is -0.342. The molecule has 1 aliphatic rings. The second-order valence-corrected chi connectivity index (χ2v) is 13.6. The molecule has 0 aliphatic carbocycles. The molecule has 0 bridgehead atoms. The van der Waals surface area contributed by atoms with Crippen molar-refractivity contribution in [3.05, 3.63) is 0 Å². The normalized spacial score (nSPS) is 17.3. The van der Waals surface area contributed by atoms with Crippen LogP contribution in [-0.4, -0.2) is 125 Å². The van der Waals surface area contributed by atoms with Crippen LogP contribution < -0.4 is 49.1 Å². The van der Waals surface area contributed by atoms with Crippen LogP contribution in [-0.2, 0) is 47.9 Å². The molecule has 298 valence electrons. The van der Waals surface area contributed by atoms with Gasteiger partial charge >= 0.3 is 5.97 Å². The van der Waals surface area contributed by atoms with Gasteiger partial charge in [-0.2, -0.15) is 0 Å². The van der Waals surface area contributed by atoms with Gasteiger partial charge in [-0.1, -0.05) is 27.7 Å². The van der Waals surface area contributed by atoms with Gasteiger partial charge in [0.25, 0.3) is 0 Å². The Morgan fingerprint density at radius 3 is 1.79 bits per heavy atom. The van der Waals surface area contributed by atoms with Crippen LogP contribution in [0, 0.1) is 11.8 Å². The third-order valence-electron chi connectivity index (χ3n) is 8.25. The second kappa shape index (κ2) is 21.2. The minimum absolute atomic E-state index is 0.281. The molecule has 1 aliphatic heterocycles. The molecule has 21 heteroatoms. The molecule has 0 aromatic carbocycles. The van der Waals surface area contributed by atoms with Crippen molar-refractivity contribution < 1.29 is 53.1 Å². The van der Waals surface area contributed by atoms with Crippen molar-refractivity contribution in [1.82, 2.24) is 36.8 Å². The Labute approximate surface area is 307 Å². The summed E-state index contributed by atoms with van der Waals surface area (Å²) in [4.78, 5) is 126. The van der Waals surface area contributed by atoms with Gasteiger partial charge in [0.1, 0.15) is 36.3 Å². The van der Waals surface area contributed by atoms with E-state index in [-0.39, 0.29) is 12.8 Å². The molecule has 21 nitrogen and oxygen atoms in total. The molecule has 1 fully saturated rings. The van der Waals surface area contributed by atoms with E-state index in [9.17, 15) is 53.1 Å². The molecule has 7 atom stereocenters. The maximum atomic E-state index is 13.4. The Morgan fingerprint density at radius 2 is 1.28 bits per heavy atom. The Morgan fingerprint density at radius 1 is 0.717 bits per heavy atom. The number of aliphatic carboxylic acids is 1. The molecule has 13 N–H and O–H groups in total. The fraction of sp³-hybridized carbons (Fsp3) is 0.688. The molecular formula is C32H54N10O11. The van der Waals surface area contributed by atoms with Gasteiger partial charge in [-0.15, -0.1) is 0 Å². The maximum Gasteiger partial charge on any atom is 0.326 e. The molecule has 1 rings (SSSR count). The quantitative estimate of drug-likeness (QED) is 0.0530. The molecule has 0 saturated carbocycles. The second-order valence-electron chi connectivity index (χ2n) is 13.6. The molecule has 53 heavy (non-hydrogen) atoms. The lowest BCUT2D eigenvalue weighted by molar-refractivity contribution is -0.142. The maximum absolute atomic E-state index is 13.4. The zero-order chi connectivity index (χ0) is 40.7. The van der Waals surface area contributed by atoms with Gasteiger partial charge in [0.2, 0.25) is 53.2 Å². The van der Waals surface area contributed by atoms with E-state index in [2.05, 4.69) is 31.9 Å². The monoisotopic (exact) mass is 754 g/mol. The van der Waals surface area contributed by atoms with Gasteiger partial charge < -0.3 is 59.1 Å². The van der Waals surface area contributed by atoms with Crippen molar-refractivity contribution >= 4 is 59.1 Å². The van der Waals surface area contributed by atoms with Crippen LogP contribution in [0.4, 0.5) is 0 Å². The van der Waals surface area contributed by atoms with E-state index in [0.717, 1.165) is 0 Å². The number of likely N-dealkylation sites (tertiary alicyclic amines) is 1. The standard InChI is InChI=1S/C32H54N10O11/c1-14(2)24(29(49)36-13-23(45)38-18(32(52)53)9-10-21(34)43)41-27(47)19(12-22(35)44)39-30(50)25(15(3)4)40-26(46)17(6)37-28(48)20-8-7-11-42(20)31(51)16(5)33/h14-20,24-25H,7-13,33H2,1-6H3,(H2,34,43)(H2,35,44)(H,36,49)(H,37,48)(H,38,45)(H,39,50)(H,40,46)(H,41,47)(H,52,53)/t16-,17-,18-,19-,20-,24-,25-/m0/s1. The largest absolute Gasteiger partial charge is 0.480 e. The van der Waals surface area contributed by atoms with Crippen molar-refractivity contribution in [2.75, 3.05) is 13.1 Å². The first-order valence-corrected chi connectivity index (χ1v) is 17.2. The lowest BCUT2D eigenvalue weighted by Crippen LogP contribution is -2.60. The van der Waals surface area contributed by atoms with E-state index in [1.807, 2.05) is 0 Å². The highest BCUT2D eigenvalue weighted by Crippen LogP contribution is 2.18. The number of nitrogens with two attached hydrogens (primary N) is 3. The number of carbonyl (C=O) groups excluding carboxylic acids is 9. The molecule has 0 aromatic rings. The number of hydrogen-bond acceptors (Lipinski definition) is 11. The Balaban J connectivity index is 2.97. The molecule has 1 saturated heterocycles. The van der Waals surface area contributed by atoms with Gasteiger partial charge in [0, 0.05) is 13.0 Å². The third-order valence-corrected chi connectivity index (χ3v) is 8.25. The third kappa shape index (κ3) is 15.0. The van der Waals surface area contributed by atoms with Crippen LogP contribution >= 0.6 is 0 Å². The predicted molar refractivity (Wildman–Crippen MR) is 186 cm³/mol. The molecule has 1 heterocycles. The van der Waals surface area contributed by atoms with Crippen LogP contribution in [0.5, 0.6) is 0 Å². The number of amides is 9. The van der Waals surface area contributed by atoms with Crippen molar-refractivity contribution in [2.45, 2.75) is 116 Å². The molecular weight excluding hydrogens is 700 g/mol. The minimum Gasteiger partial charge on any atom is -0.480 e. The SMILES string of the molecule is CC(C)[C@H](NC(=O)[C@H](C)NC(=O)[C@@H]1CCCN1C(=O)[C@H](C)N)C(=O)N[C@@H](CC(N)=O)C(=O)N[C@H](C(=O)NCC(=O)N[C@@H](CCC(N)=O)C(=O)O)C(C)C. The summed E-state index contributed by atoms with van der Waals surface area (Å²) in [5.41, 5.74) is 16.1. The summed E-state index contributed by atoms with van der Waals surface area (Å²) >= 11 is 0. The summed E-state index contributed by atoms with van der Waals surface area (Å²) in [6.45, 7) is 8.83. The highest BCUT2D eigenvalue weighted by atomic mass is 16.4. The molecule has 9 amide bonds. The molecule has 0 aromatic heterocycles. The zero-order valence-corrected chi connectivity index (χ0v) is 30.9. The smallest absolute Gasteiger partial charge is 0.326 e. The number of carbonyl (C=O) groups is 10. The minimum atomic E-state index is -1.61. The van der Waals surface area contributed by atoms with Crippen molar-refractivity contribution in [2.24, 2.45) is 29.0 Å². The first-order valence-electron chi connectivity index (χ1n) is 17.2. The van der Waals surface area contributed by atoms with Gasteiger partial charge in [-0.05, 0) is 44.9 Å². The summed E-state index contributed by atoms with van der Waals surface area (Å²) < 4.78 is 0. The molecule has 0 spiro atoms. The number of carboxylic acids is 1. The number of hydrogen-bond donors (Lipinski definition) is 10. The van der Waals surface area contributed by atoms with Gasteiger partial charge in [0.05, 0.1) is 19.0 Å². The lowest BCUT2D eigenvalue weighted by Gasteiger charge is -2.29. The first-order chi connectivity index (χ1) is 24.6. The van der Waals surface area contributed by atoms with E-state index in [4.69, 9.17) is 17.2 Å². The van der Waals surface area contributed by atoms with Crippen molar-refractivity contribution in [3.8, 4) is 0 Å². The Bertz CT molecular complexity index is 1400. The number of nitrogens with one attached hydrogen (secondary N) is 6.